The first kappa shape index (κ1) is 18.0. The monoisotopic (exact) mass is 404 g/mol. The minimum atomic E-state index is -4.02. The van der Waals surface area contributed by atoms with E-state index >= 15 is 0 Å². The molecule has 1 N–H and O–H groups in total. The highest BCUT2D eigenvalue weighted by molar-refractivity contribution is 7.93. The number of nitrogens with zero attached hydrogens (tertiary/aromatic N) is 1. The Morgan fingerprint density at radius 2 is 1.92 bits per heavy atom. The lowest BCUT2D eigenvalue weighted by Crippen LogP contribution is -2.25. The van der Waals surface area contributed by atoms with Crippen LogP contribution in [-0.2, 0) is 20.0 Å². The molecule has 1 fully saturated rings. The number of anilines is 2. The highest BCUT2D eigenvalue weighted by atomic mass is 35.5. The Hall–Kier alpha value is -1.84. The van der Waals surface area contributed by atoms with Gasteiger partial charge >= 0.3 is 0 Å². The molecule has 1 aliphatic rings. The van der Waals surface area contributed by atoms with Crippen LogP contribution in [0, 0.1) is 5.82 Å². The third kappa shape index (κ3) is 3.73. The van der Waals surface area contributed by atoms with E-state index in [0.29, 0.717) is 6.42 Å². The molecule has 0 bridgehead atoms. The Morgan fingerprint density at radius 1 is 1.16 bits per heavy atom. The molecule has 10 heteroatoms. The molecule has 0 saturated carbocycles. The van der Waals surface area contributed by atoms with Gasteiger partial charge in [-0.15, -0.1) is 0 Å². The minimum Gasteiger partial charge on any atom is -0.280 e. The fourth-order valence-electron chi connectivity index (χ4n) is 2.53. The van der Waals surface area contributed by atoms with Crippen molar-refractivity contribution in [1.82, 2.24) is 0 Å². The Labute approximate surface area is 150 Å². The van der Waals surface area contributed by atoms with E-state index < -0.39 is 25.9 Å². The lowest BCUT2D eigenvalue weighted by molar-refractivity contribution is 0.595. The first-order valence-electron chi connectivity index (χ1n) is 7.27. The van der Waals surface area contributed by atoms with Crippen molar-refractivity contribution in [2.45, 2.75) is 11.3 Å². The van der Waals surface area contributed by atoms with Gasteiger partial charge in [0.15, 0.2) is 0 Å². The molecule has 0 atom stereocenters. The van der Waals surface area contributed by atoms with Gasteiger partial charge in [0.05, 0.1) is 27.0 Å². The summed E-state index contributed by atoms with van der Waals surface area (Å²) >= 11 is 6.08. The van der Waals surface area contributed by atoms with Gasteiger partial charge in [-0.2, -0.15) is 0 Å². The number of rotatable bonds is 4. The van der Waals surface area contributed by atoms with E-state index in [1.165, 1.54) is 30.3 Å². The van der Waals surface area contributed by atoms with Crippen molar-refractivity contribution in [3.63, 3.8) is 0 Å². The van der Waals surface area contributed by atoms with Gasteiger partial charge < -0.3 is 0 Å². The van der Waals surface area contributed by atoms with Crippen molar-refractivity contribution in [1.29, 1.82) is 0 Å². The third-order valence-electron chi connectivity index (χ3n) is 3.67. The second-order valence-electron chi connectivity index (χ2n) is 5.47. The summed E-state index contributed by atoms with van der Waals surface area (Å²) in [4.78, 5) is -0.238. The maximum absolute atomic E-state index is 13.3. The topological polar surface area (TPSA) is 83.6 Å². The van der Waals surface area contributed by atoms with Gasteiger partial charge in [-0.25, -0.2) is 21.2 Å². The molecule has 2 aromatic rings. The van der Waals surface area contributed by atoms with E-state index in [9.17, 15) is 21.2 Å². The van der Waals surface area contributed by atoms with Crippen LogP contribution in [0.3, 0.4) is 0 Å². The second-order valence-corrected chi connectivity index (χ2v) is 9.57. The fourth-order valence-corrected chi connectivity index (χ4v) is 5.45. The molecule has 6 nitrogen and oxygen atoms in total. The van der Waals surface area contributed by atoms with Crippen molar-refractivity contribution in [3.05, 3.63) is 53.3 Å². The number of halogens is 2. The van der Waals surface area contributed by atoms with Gasteiger partial charge in [-0.3, -0.25) is 9.03 Å². The predicted octanol–water partition coefficient (Wildman–Crippen LogP) is 2.82. The SMILES string of the molecule is O=S(=O)(Nc1ccc(Cl)c(N2CCCS2(=O)=O)c1)c1cccc(F)c1. The van der Waals surface area contributed by atoms with Crippen molar-refractivity contribution in [2.24, 2.45) is 0 Å². The molecule has 1 saturated heterocycles. The highest BCUT2D eigenvalue weighted by Gasteiger charge is 2.30. The molecular weight excluding hydrogens is 391 g/mol. The van der Waals surface area contributed by atoms with E-state index in [2.05, 4.69) is 4.72 Å². The second kappa shape index (κ2) is 6.47. The quantitative estimate of drug-likeness (QED) is 0.849. The Morgan fingerprint density at radius 3 is 2.56 bits per heavy atom. The molecule has 1 heterocycles. The van der Waals surface area contributed by atoms with Crippen molar-refractivity contribution < 1.29 is 21.2 Å². The van der Waals surface area contributed by atoms with Gasteiger partial charge in [-0.1, -0.05) is 17.7 Å². The lowest BCUT2D eigenvalue weighted by atomic mass is 10.3. The zero-order valence-electron chi connectivity index (χ0n) is 12.8. The number of hydrogen-bond donors (Lipinski definition) is 1. The molecule has 0 radical (unpaired) electrons. The number of benzene rings is 2. The molecule has 0 aliphatic carbocycles. The van der Waals surface area contributed by atoms with E-state index in [4.69, 9.17) is 11.6 Å². The van der Waals surface area contributed by atoms with Crippen LogP contribution in [0.4, 0.5) is 15.8 Å². The number of nitrogens with one attached hydrogen (secondary N) is 1. The normalized spacial score (nSPS) is 16.8. The summed E-state index contributed by atoms with van der Waals surface area (Å²) in [5.74, 6) is -0.661. The molecule has 1 aliphatic heterocycles. The Kier molecular flexibility index (Phi) is 4.65. The van der Waals surface area contributed by atoms with Crippen LogP contribution in [0.2, 0.25) is 5.02 Å². The van der Waals surface area contributed by atoms with E-state index in [1.807, 2.05) is 0 Å². The summed E-state index contributed by atoms with van der Waals surface area (Å²) < 4.78 is 65.6. The Bertz CT molecular complexity index is 1030. The third-order valence-corrected chi connectivity index (χ3v) is 7.23. The first-order valence-corrected chi connectivity index (χ1v) is 10.7. The summed E-state index contributed by atoms with van der Waals surface area (Å²) in [6.45, 7) is 0.280. The van der Waals surface area contributed by atoms with Crippen LogP contribution in [-0.4, -0.2) is 29.1 Å². The molecule has 2 aromatic carbocycles. The molecule has 3 rings (SSSR count). The molecule has 25 heavy (non-hydrogen) atoms. The van der Waals surface area contributed by atoms with Crippen LogP contribution in [0.15, 0.2) is 47.4 Å². The molecule has 0 spiro atoms. The van der Waals surface area contributed by atoms with Gasteiger partial charge in [-0.05, 0) is 42.8 Å². The maximum atomic E-state index is 13.3. The van der Waals surface area contributed by atoms with E-state index in [0.717, 1.165) is 16.4 Å². The zero-order chi connectivity index (χ0) is 18.2. The van der Waals surface area contributed by atoms with Crippen LogP contribution in [0.25, 0.3) is 0 Å². The summed E-state index contributed by atoms with van der Waals surface area (Å²) in [6.07, 6.45) is 0.470. The average Bonchev–Trinajstić information content (AvgIpc) is 2.88. The summed E-state index contributed by atoms with van der Waals surface area (Å²) in [5, 5.41) is 0.194. The molecule has 0 unspecified atom stereocenters. The van der Waals surface area contributed by atoms with E-state index in [1.54, 1.807) is 0 Å². The summed E-state index contributed by atoms with van der Waals surface area (Å²) in [5.41, 5.74) is 0.337. The minimum absolute atomic E-state index is 0.0164. The van der Waals surface area contributed by atoms with Gasteiger partial charge in [0.1, 0.15) is 5.82 Å². The number of hydrogen-bond acceptors (Lipinski definition) is 4. The standard InChI is InChI=1S/C15H14ClFN2O4S2/c16-14-6-5-12(10-15(14)19-7-2-8-24(19,20)21)18-25(22,23)13-4-1-3-11(17)9-13/h1,3-6,9-10,18H,2,7-8H2. The first-order chi connectivity index (χ1) is 11.7. The van der Waals surface area contributed by atoms with Crippen molar-refractivity contribution in [2.75, 3.05) is 21.3 Å². The summed E-state index contributed by atoms with van der Waals surface area (Å²) in [7, 11) is -7.48. The number of sulfonamides is 2. The fraction of sp³-hybridized carbons (Fsp3) is 0.200. The van der Waals surface area contributed by atoms with E-state index in [-0.39, 0.29) is 33.6 Å². The molecule has 0 aromatic heterocycles. The van der Waals surface area contributed by atoms with Crippen LogP contribution >= 0.6 is 11.6 Å². The highest BCUT2D eigenvalue weighted by Crippen LogP contribution is 2.34. The maximum Gasteiger partial charge on any atom is 0.261 e. The summed E-state index contributed by atoms with van der Waals surface area (Å²) in [6, 6.07) is 8.74. The van der Waals surface area contributed by atoms with Crippen LogP contribution in [0.5, 0.6) is 0 Å². The van der Waals surface area contributed by atoms with Crippen LogP contribution in [0.1, 0.15) is 6.42 Å². The Balaban J connectivity index is 1.95. The average molecular weight is 405 g/mol. The predicted molar refractivity (Wildman–Crippen MR) is 94.4 cm³/mol. The smallest absolute Gasteiger partial charge is 0.261 e. The van der Waals surface area contributed by atoms with Crippen LogP contribution < -0.4 is 9.03 Å². The van der Waals surface area contributed by atoms with Gasteiger partial charge in [0.25, 0.3) is 10.0 Å². The lowest BCUT2D eigenvalue weighted by Gasteiger charge is -2.19. The molecule has 0 amide bonds. The molecule has 134 valence electrons. The van der Waals surface area contributed by atoms with Gasteiger partial charge in [0.2, 0.25) is 10.0 Å². The zero-order valence-corrected chi connectivity index (χ0v) is 15.2. The molecular formula is C15H14ClFN2O4S2. The van der Waals surface area contributed by atoms with Crippen molar-refractivity contribution >= 4 is 43.0 Å². The van der Waals surface area contributed by atoms with Crippen molar-refractivity contribution in [3.8, 4) is 0 Å². The van der Waals surface area contributed by atoms with Gasteiger partial charge in [0, 0.05) is 6.54 Å². The largest absolute Gasteiger partial charge is 0.280 e.